The number of hydrogen-bond donors (Lipinski definition) is 1. The maximum atomic E-state index is 14.1. The Hall–Kier alpha value is -1.97. The number of hydrogen-bond acceptors (Lipinski definition) is 3. The van der Waals surface area contributed by atoms with Crippen molar-refractivity contribution in [2.24, 2.45) is 0 Å². The molecule has 0 saturated heterocycles. The van der Waals surface area contributed by atoms with E-state index in [0.29, 0.717) is 11.3 Å². The normalized spacial score (nSPS) is 11.0. The quantitative estimate of drug-likeness (QED) is 0.877. The van der Waals surface area contributed by atoms with E-state index >= 15 is 0 Å². The molecule has 2 aromatic rings. The van der Waals surface area contributed by atoms with Crippen LogP contribution in [0.1, 0.15) is 44.5 Å². The molecule has 0 aliphatic carbocycles. The first-order valence-electron chi connectivity index (χ1n) is 7.41. The summed E-state index contributed by atoms with van der Waals surface area (Å²) in [5.41, 5.74) is 2.09. The molecule has 112 valence electrons. The molecule has 0 spiro atoms. The second-order valence-electron chi connectivity index (χ2n) is 5.47. The van der Waals surface area contributed by atoms with Gasteiger partial charge in [-0.1, -0.05) is 32.9 Å². The number of nitrogens with zero attached hydrogens (tertiary/aromatic N) is 2. The Morgan fingerprint density at radius 2 is 1.90 bits per heavy atom. The summed E-state index contributed by atoms with van der Waals surface area (Å²) in [6, 6.07) is 6.74. The molecule has 0 aliphatic heterocycles. The predicted octanol–water partition coefficient (Wildman–Crippen LogP) is 4.54. The Morgan fingerprint density at radius 3 is 2.52 bits per heavy atom. The molecule has 3 nitrogen and oxygen atoms in total. The summed E-state index contributed by atoms with van der Waals surface area (Å²) >= 11 is 0. The topological polar surface area (TPSA) is 37.8 Å². The number of halogens is 1. The molecule has 4 heteroatoms. The van der Waals surface area contributed by atoms with E-state index in [2.05, 4.69) is 22.2 Å². The Morgan fingerprint density at radius 1 is 1.19 bits per heavy atom. The van der Waals surface area contributed by atoms with Crippen LogP contribution in [0.25, 0.3) is 11.3 Å². The first-order valence-corrected chi connectivity index (χ1v) is 7.41. The summed E-state index contributed by atoms with van der Waals surface area (Å²) in [7, 11) is 0. The van der Waals surface area contributed by atoms with E-state index in [0.717, 1.165) is 30.2 Å². The minimum Gasteiger partial charge on any atom is -0.370 e. The Kier molecular flexibility index (Phi) is 4.89. The summed E-state index contributed by atoms with van der Waals surface area (Å²) in [6.45, 7) is 8.96. The van der Waals surface area contributed by atoms with Crippen LogP contribution >= 0.6 is 0 Å². The molecule has 2 rings (SSSR count). The lowest BCUT2D eigenvalue weighted by atomic mass is 10.1. The lowest BCUT2D eigenvalue weighted by Gasteiger charge is -2.15. The van der Waals surface area contributed by atoms with E-state index in [-0.39, 0.29) is 11.7 Å². The lowest BCUT2D eigenvalue weighted by molar-refractivity contribution is 0.630. The summed E-state index contributed by atoms with van der Waals surface area (Å²) in [6.07, 6.45) is 1.01. The lowest BCUT2D eigenvalue weighted by Crippen LogP contribution is -2.10. The van der Waals surface area contributed by atoms with Gasteiger partial charge in [0.25, 0.3) is 0 Å². The standard InChI is InChI=1S/C17H22FN3/c1-5-10-19-17-12(4)15(20-16(21-17)11(2)3)13-8-6-7-9-14(13)18/h6-9,11H,5,10H2,1-4H3,(H,19,20,21). The molecule has 1 aromatic heterocycles. The average Bonchev–Trinajstić information content (AvgIpc) is 2.47. The fraction of sp³-hybridized carbons (Fsp3) is 0.412. The van der Waals surface area contributed by atoms with Gasteiger partial charge < -0.3 is 5.32 Å². The van der Waals surface area contributed by atoms with Crippen LogP contribution in [0.3, 0.4) is 0 Å². The van der Waals surface area contributed by atoms with Crippen molar-refractivity contribution >= 4 is 5.82 Å². The van der Waals surface area contributed by atoms with Crippen LogP contribution in [0, 0.1) is 12.7 Å². The highest BCUT2D eigenvalue weighted by atomic mass is 19.1. The number of benzene rings is 1. The zero-order valence-corrected chi connectivity index (χ0v) is 13.1. The molecule has 0 bridgehead atoms. The summed E-state index contributed by atoms with van der Waals surface area (Å²) < 4.78 is 14.1. The Labute approximate surface area is 125 Å². The summed E-state index contributed by atoms with van der Waals surface area (Å²) in [5, 5.41) is 3.31. The van der Waals surface area contributed by atoms with E-state index in [4.69, 9.17) is 0 Å². The molecule has 1 heterocycles. The van der Waals surface area contributed by atoms with Crippen LogP contribution in [0.15, 0.2) is 24.3 Å². The average molecular weight is 287 g/mol. The van der Waals surface area contributed by atoms with Crippen LogP contribution in [0.4, 0.5) is 10.2 Å². The highest BCUT2D eigenvalue weighted by Gasteiger charge is 2.16. The third-order valence-electron chi connectivity index (χ3n) is 3.35. The Bertz CT molecular complexity index is 623. The van der Waals surface area contributed by atoms with E-state index in [9.17, 15) is 4.39 Å². The molecule has 0 aliphatic rings. The van der Waals surface area contributed by atoms with Crippen LogP contribution in [-0.4, -0.2) is 16.5 Å². The summed E-state index contributed by atoms with van der Waals surface area (Å²) in [4.78, 5) is 9.16. The van der Waals surface area contributed by atoms with Gasteiger partial charge in [-0.25, -0.2) is 14.4 Å². The molecule has 0 radical (unpaired) electrons. The molecule has 0 amide bonds. The van der Waals surface area contributed by atoms with E-state index in [1.807, 2.05) is 26.8 Å². The fourth-order valence-corrected chi connectivity index (χ4v) is 2.12. The number of aromatic nitrogens is 2. The van der Waals surface area contributed by atoms with Crippen molar-refractivity contribution in [3.8, 4) is 11.3 Å². The maximum Gasteiger partial charge on any atom is 0.133 e. The largest absolute Gasteiger partial charge is 0.370 e. The molecule has 0 atom stereocenters. The molecular formula is C17H22FN3. The van der Waals surface area contributed by atoms with Crippen LogP contribution in [0.2, 0.25) is 0 Å². The Balaban J connectivity index is 2.58. The van der Waals surface area contributed by atoms with Gasteiger partial charge in [-0.15, -0.1) is 0 Å². The summed E-state index contributed by atoms with van der Waals surface area (Å²) in [5.74, 6) is 1.47. The second kappa shape index (κ2) is 6.66. The molecular weight excluding hydrogens is 265 g/mol. The van der Waals surface area contributed by atoms with Gasteiger partial charge in [0.1, 0.15) is 17.5 Å². The van der Waals surface area contributed by atoms with Crippen molar-refractivity contribution in [1.29, 1.82) is 0 Å². The number of rotatable bonds is 5. The molecule has 0 fully saturated rings. The van der Waals surface area contributed by atoms with Gasteiger partial charge >= 0.3 is 0 Å². The van der Waals surface area contributed by atoms with Crippen molar-refractivity contribution in [2.45, 2.75) is 40.0 Å². The zero-order chi connectivity index (χ0) is 15.4. The highest BCUT2D eigenvalue weighted by molar-refractivity contribution is 5.68. The smallest absolute Gasteiger partial charge is 0.133 e. The van der Waals surface area contributed by atoms with Crippen molar-refractivity contribution in [2.75, 3.05) is 11.9 Å². The minimum atomic E-state index is -0.254. The zero-order valence-electron chi connectivity index (χ0n) is 13.1. The van der Waals surface area contributed by atoms with E-state index in [1.54, 1.807) is 12.1 Å². The first-order chi connectivity index (χ1) is 10.0. The third kappa shape index (κ3) is 3.38. The second-order valence-corrected chi connectivity index (χ2v) is 5.47. The molecule has 0 unspecified atom stereocenters. The number of nitrogens with one attached hydrogen (secondary N) is 1. The molecule has 21 heavy (non-hydrogen) atoms. The van der Waals surface area contributed by atoms with E-state index < -0.39 is 0 Å². The fourth-order valence-electron chi connectivity index (χ4n) is 2.12. The maximum absolute atomic E-state index is 14.1. The van der Waals surface area contributed by atoms with E-state index in [1.165, 1.54) is 6.07 Å². The van der Waals surface area contributed by atoms with Gasteiger partial charge in [0, 0.05) is 23.6 Å². The SMILES string of the molecule is CCCNc1nc(C(C)C)nc(-c2ccccc2F)c1C. The molecule has 1 N–H and O–H groups in total. The highest BCUT2D eigenvalue weighted by Crippen LogP contribution is 2.29. The number of anilines is 1. The van der Waals surface area contributed by atoms with Gasteiger partial charge in [-0.2, -0.15) is 0 Å². The third-order valence-corrected chi connectivity index (χ3v) is 3.35. The van der Waals surface area contributed by atoms with Gasteiger partial charge in [-0.3, -0.25) is 0 Å². The van der Waals surface area contributed by atoms with Crippen molar-refractivity contribution < 1.29 is 4.39 Å². The molecule has 1 aromatic carbocycles. The van der Waals surface area contributed by atoms with Crippen LogP contribution in [-0.2, 0) is 0 Å². The van der Waals surface area contributed by atoms with Gasteiger partial charge in [0.15, 0.2) is 0 Å². The monoisotopic (exact) mass is 287 g/mol. The van der Waals surface area contributed by atoms with Gasteiger partial charge in [0.05, 0.1) is 5.69 Å². The first kappa shape index (κ1) is 15.4. The van der Waals surface area contributed by atoms with Crippen molar-refractivity contribution in [3.05, 3.63) is 41.5 Å². The predicted molar refractivity (Wildman–Crippen MR) is 85.0 cm³/mol. The van der Waals surface area contributed by atoms with Gasteiger partial charge in [-0.05, 0) is 25.5 Å². The van der Waals surface area contributed by atoms with Crippen molar-refractivity contribution in [1.82, 2.24) is 9.97 Å². The minimum absolute atomic E-state index is 0.193. The van der Waals surface area contributed by atoms with Crippen LogP contribution in [0.5, 0.6) is 0 Å². The van der Waals surface area contributed by atoms with Gasteiger partial charge in [0.2, 0.25) is 0 Å². The molecule has 0 saturated carbocycles. The van der Waals surface area contributed by atoms with Crippen molar-refractivity contribution in [3.63, 3.8) is 0 Å². The van der Waals surface area contributed by atoms with Crippen LogP contribution < -0.4 is 5.32 Å².